The lowest BCUT2D eigenvalue weighted by Crippen LogP contribution is -2.49. The molecule has 1 aliphatic heterocycles. The molecular formula is C14H25N3O3S. The van der Waals surface area contributed by atoms with Crippen LogP contribution < -0.4 is 5.73 Å². The third-order valence-electron chi connectivity index (χ3n) is 4.27. The lowest BCUT2D eigenvalue weighted by molar-refractivity contribution is -0.0319. The molecule has 1 saturated heterocycles. The second kappa shape index (κ2) is 6.08. The molecule has 1 aliphatic rings. The summed E-state index contributed by atoms with van der Waals surface area (Å²) in [6, 6.07) is 1.68. The molecule has 0 bridgehead atoms. The van der Waals surface area contributed by atoms with E-state index in [2.05, 4.69) is 0 Å². The molecule has 0 amide bonds. The van der Waals surface area contributed by atoms with Crippen molar-refractivity contribution in [2.45, 2.75) is 50.3 Å². The van der Waals surface area contributed by atoms with Crippen LogP contribution in [0.1, 0.15) is 32.4 Å². The zero-order valence-electron chi connectivity index (χ0n) is 13.0. The molecule has 120 valence electrons. The molecule has 0 radical (unpaired) electrons. The maximum absolute atomic E-state index is 12.8. The molecular weight excluding hydrogens is 290 g/mol. The summed E-state index contributed by atoms with van der Waals surface area (Å²) in [7, 11) is -1.85. The Morgan fingerprint density at radius 2 is 2.19 bits per heavy atom. The third-order valence-corrected chi connectivity index (χ3v) is 6.08. The molecule has 2 N–H and O–H groups in total. The Bertz CT molecular complexity index is 575. The number of sulfonamides is 1. The second-order valence-electron chi connectivity index (χ2n) is 5.75. The highest BCUT2D eigenvalue weighted by atomic mass is 32.2. The second-order valence-corrected chi connectivity index (χ2v) is 7.69. The van der Waals surface area contributed by atoms with Crippen molar-refractivity contribution in [3.63, 3.8) is 0 Å². The van der Waals surface area contributed by atoms with Crippen LogP contribution in [0.2, 0.25) is 0 Å². The highest BCUT2D eigenvalue weighted by molar-refractivity contribution is 7.89. The van der Waals surface area contributed by atoms with E-state index in [1.807, 2.05) is 18.4 Å². The Kier molecular flexibility index (Phi) is 4.77. The molecule has 21 heavy (non-hydrogen) atoms. The minimum atomic E-state index is -3.49. The molecule has 0 saturated carbocycles. The zero-order valence-corrected chi connectivity index (χ0v) is 13.8. The largest absolute Gasteiger partial charge is 0.377 e. The number of rotatable bonds is 5. The Balaban J connectivity index is 2.31. The fourth-order valence-electron chi connectivity index (χ4n) is 2.81. The van der Waals surface area contributed by atoms with E-state index in [0.717, 1.165) is 18.5 Å². The van der Waals surface area contributed by atoms with Crippen LogP contribution in [-0.4, -0.2) is 43.1 Å². The highest BCUT2D eigenvalue weighted by Crippen LogP contribution is 2.29. The number of nitrogens with two attached hydrogens (primary N) is 1. The van der Waals surface area contributed by atoms with Crippen molar-refractivity contribution in [1.29, 1.82) is 0 Å². The molecule has 0 aromatic carbocycles. The van der Waals surface area contributed by atoms with Crippen LogP contribution in [0.4, 0.5) is 0 Å². The van der Waals surface area contributed by atoms with Gasteiger partial charge in [0.25, 0.3) is 0 Å². The predicted octanol–water partition coefficient (Wildman–Crippen LogP) is 1.16. The van der Waals surface area contributed by atoms with E-state index in [0.29, 0.717) is 31.1 Å². The number of methoxy groups -OCH3 is 1. The van der Waals surface area contributed by atoms with Crippen LogP contribution in [0.3, 0.4) is 0 Å². The van der Waals surface area contributed by atoms with Crippen molar-refractivity contribution in [1.82, 2.24) is 8.87 Å². The van der Waals surface area contributed by atoms with Crippen LogP contribution in [0.5, 0.6) is 0 Å². The lowest BCUT2D eigenvalue weighted by atomic mass is 9.96. The monoisotopic (exact) mass is 315 g/mol. The molecule has 2 heterocycles. The van der Waals surface area contributed by atoms with E-state index in [-0.39, 0.29) is 0 Å². The van der Waals surface area contributed by atoms with Gasteiger partial charge in [-0.2, -0.15) is 4.31 Å². The number of ether oxygens (including phenoxy) is 1. The van der Waals surface area contributed by atoms with Gasteiger partial charge in [-0.15, -0.1) is 0 Å². The van der Waals surface area contributed by atoms with Crippen LogP contribution in [0, 0.1) is 0 Å². The summed E-state index contributed by atoms with van der Waals surface area (Å²) < 4.78 is 34.5. The summed E-state index contributed by atoms with van der Waals surface area (Å²) in [4.78, 5) is 0.324. The lowest BCUT2D eigenvalue weighted by Gasteiger charge is -2.38. The maximum Gasteiger partial charge on any atom is 0.244 e. The number of hydrogen-bond acceptors (Lipinski definition) is 4. The van der Waals surface area contributed by atoms with E-state index in [9.17, 15) is 8.42 Å². The van der Waals surface area contributed by atoms with Crippen LogP contribution in [-0.2, 0) is 27.8 Å². The number of aromatic nitrogens is 1. The van der Waals surface area contributed by atoms with E-state index < -0.39 is 15.6 Å². The minimum absolute atomic E-state index is 0.324. The number of hydrogen-bond donors (Lipinski definition) is 1. The van der Waals surface area contributed by atoms with Gasteiger partial charge in [-0.1, -0.05) is 0 Å². The fraction of sp³-hybridized carbons (Fsp3) is 0.714. The summed E-state index contributed by atoms with van der Waals surface area (Å²) in [5.41, 5.74) is 6.10. The molecule has 1 unspecified atom stereocenters. The topological polar surface area (TPSA) is 77.6 Å². The van der Waals surface area contributed by atoms with E-state index in [1.165, 1.54) is 4.31 Å². The van der Waals surface area contributed by atoms with Gasteiger partial charge < -0.3 is 15.0 Å². The normalized spacial score (nSPS) is 24.4. The van der Waals surface area contributed by atoms with Gasteiger partial charge in [0.05, 0.1) is 5.60 Å². The quantitative estimate of drug-likeness (QED) is 0.884. The zero-order chi connectivity index (χ0) is 15.7. The minimum Gasteiger partial charge on any atom is -0.377 e. The van der Waals surface area contributed by atoms with Gasteiger partial charge in [-0.25, -0.2) is 8.42 Å². The van der Waals surface area contributed by atoms with Crippen molar-refractivity contribution in [3.8, 4) is 0 Å². The smallest absolute Gasteiger partial charge is 0.244 e. The Hall–Kier alpha value is -0.890. The Labute approximate surface area is 126 Å². The first kappa shape index (κ1) is 16.5. The number of nitrogens with zero attached hydrogens (tertiary/aromatic N) is 2. The van der Waals surface area contributed by atoms with Gasteiger partial charge >= 0.3 is 0 Å². The Morgan fingerprint density at radius 1 is 1.48 bits per heavy atom. The summed E-state index contributed by atoms with van der Waals surface area (Å²) in [5.74, 6) is 0. The van der Waals surface area contributed by atoms with Crippen molar-refractivity contribution < 1.29 is 13.2 Å². The molecule has 7 heteroatoms. The van der Waals surface area contributed by atoms with Crippen molar-refractivity contribution in [3.05, 3.63) is 18.0 Å². The van der Waals surface area contributed by atoms with E-state index >= 15 is 0 Å². The maximum atomic E-state index is 12.8. The van der Waals surface area contributed by atoms with E-state index in [4.69, 9.17) is 10.5 Å². The summed E-state index contributed by atoms with van der Waals surface area (Å²) in [6.45, 7) is 5.89. The van der Waals surface area contributed by atoms with Crippen molar-refractivity contribution >= 4 is 10.0 Å². The van der Waals surface area contributed by atoms with Crippen molar-refractivity contribution in [2.75, 3.05) is 20.2 Å². The first-order valence-electron chi connectivity index (χ1n) is 7.30. The molecule has 0 spiro atoms. The Morgan fingerprint density at radius 3 is 2.71 bits per heavy atom. The molecule has 1 fully saturated rings. The predicted molar refractivity (Wildman–Crippen MR) is 81.4 cm³/mol. The van der Waals surface area contributed by atoms with Crippen LogP contribution in [0.15, 0.2) is 17.2 Å². The average Bonchev–Trinajstić information content (AvgIpc) is 2.91. The van der Waals surface area contributed by atoms with Gasteiger partial charge in [-0.3, -0.25) is 0 Å². The van der Waals surface area contributed by atoms with Crippen molar-refractivity contribution in [2.24, 2.45) is 5.73 Å². The molecule has 1 aromatic rings. The standard InChI is InChI=1S/C14H25N3O3S/c1-4-16-10-13(8-12(16)9-15)21(18,19)17-7-5-6-14(2,11-17)20-3/h8,10H,4-7,9,11,15H2,1-3H3. The summed E-state index contributed by atoms with van der Waals surface area (Å²) >= 11 is 0. The molecule has 6 nitrogen and oxygen atoms in total. The van der Waals surface area contributed by atoms with E-state index in [1.54, 1.807) is 19.4 Å². The van der Waals surface area contributed by atoms with Gasteiger partial charge in [0.1, 0.15) is 4.90 Å². The first-order chi connectivity index (χ1) is 9.86. The first-order valence-corrected chi connectivity index (χ1v) is 8.74. The molecule has 1 atom stereocenters. The molecule has 1 aromatic heterocycles. The summed E-state index contributed by atoms with van der Waals surface area (Å²) in [6.07, 6.45) is 3.36. The van der Waals surface area contributed by atoms with Gasteiger partial charge in [-0.05, 0) is 32.8 Å². The van der Waals surface area contributed by atoms with Gasteiger partial charge in [0, 0.05) is 45.2 Å². The fourth-order valence-corrected chi connectivity index (χ4v) is 4.47. The SMILES string of the molecule is CCn1cc(S(=O)(=O)N2CCCC(C)(OC)C2)cc1CN. The summed E-state index contributed by atoms with van der Waals surface area (Å²) in [5, 5.41) is 0. The highest BCUT2D eigenvalue weighted by Gasteiger charge is 2.37. The molecule has 0 aliphatic carbocycles. The van der Waals surface area contributed by atoms with Crippen LogP contribution in [0.25, 0.3) is 0 Å². The third kappa shape index (κ3) is 3.15. The number of aryl methyl sites for hydroxylation is 1. The number of piperidine rings is 1. The average molecular weight is 315 g/mol. The molecule has 2 rings (SSSR count). The van der Waals surface area contributed by atoms with Gasteiger partial charge in [0.2, 0.25) is 10.0 Å². The van der Waals surface area contributed by atoms with Gasteiger partial charge in [0.15, 0.2) is 0 Å². The van der Waals surface area contributed by atoms with Crippen LogP contribution >= 0.6 is 0 Å².